The molecule has 2 N–H and O–H groups in total. The van der Waals surface area contributed by atoms with E-state index in [0.29, 0.717) is 10.6 Å². The quantitative estimate of drug-likeness (QED) is 0.869. The summed E-state index contributed by atoms with van der Waals surface area (Å²) in [5.74, 6) is 0.290. The van der Waals surface area contributed by atoms with Crippen molar-refractivity contribution in [3.8, 4) is 11.3 Å². The Morgan fingerprint density at radius 1 is 1.53 bits per heavy atom. The molecule has 17 heavy (non-hydrogen) atoms. The minimum atomic E-state index is -0.398. The number of aromatic nitrogens is 1. The number of thiophene rings is 1. The Labute approximate surface area is 107 Å². The summed E-state index contributed by atoms with van der Waals surface area (Å²) in [6.07, 6.45) is 1.96. The summed E-state index contributed by atoms with van der Waals surface area (Å²) in [4.78, 5) is 11.9. The van der Waals surface area contributed by atoms with Gasteiger partial charge in [0.25, 0.3) is 5.91 Å². The zero-order valence-electron chi connectivity index (χ0n) is 9.73. The third-order valence-electron chi connectivity index (χ3n) is 2.40. The lowest BCUT2D eigenvalue weighted by molar-refractivity contribution is 0.100. The van der Waals surface area contributed by atoms with Crippen molar-refractivity contribution in [2.45, 2.75) is 18.1 Å². The van der Waals surface area contributed by atoms with Gasteiger partial charge in [0.1, 0.15) is 0 Å². The molecule has 0 saturated carbocycles. The molecule has 0 aliphatic carbocycles. The molecule has 2 heterocycles. The highest BCUT2D eigenvalue weighted by molar-refractivity contribution is 8.00. The van der Waals surface area contributed by atoms with Crippen molar-refractivity contribution in [2.75, 3.05) is 6.26 Å². The minimum absolute atomic E-state index is 0.398. The van der Waals surface area contributed by atoms with Crippen LogP contribution in [0.25, 0.3) is 11.3 Å². The van der Waals surface area contributed by atoms with E-state index in [0.717, 1.165) is 21.0 Å². The number of hydrogen-bond donors (Lipinski definition) is 1. The molecular weight excluding hydrogens is 256 g/mol. The Hall–Kier alpha value is -1.27. The normalized spacial score (nSPS) is 10.8. The number of nitrogens with two attached hydrogens (primary N) is 1. The van der Waals surface area contributed by atoms with Gasteiger partial charge in [-0.3, -0.25) is 4.79 Å². The van der Waals surface area contributed by atoms with E-state index in [2.05, 4.69) is 5.16 Å². The molecule has 0 radical (unpaired) electrons. The summed E-state index contributed by atoms with van der Waals surface area (Å²) in [5, 5.41) is 3.87. The SMILES string of the molecule is CSc1sc(C(N)=O)c(C)c1-c1cc(C)no1. The van der Waals surface area contributed by atoms with Crippen molar-refractivity contribution in [1.82, 2.24) is 5.16 Å². The first kappa shape index (κ1) is 12.2. The van der Waals surface area contributed by atoms with Gasteiger partial charge in [0.2, 0.25) is 0 Å². The number of carbonyl (C=O) groups is 1. The number of nitrogens with zero attached hydrogens (tertiary/aromatic N) is 1. The first-order valence-electron chi connectivity index (χ1n) is 4.95. The second kappa shape index (κ2) is 4.54. The molecule has 0 saturated heterocycles. The Kier molecular flexibility index (Phi) is 3.26. The van der Waals surface area contributed by atoms with E-state index in [1.54, 1.807) is 11.8 Å². The molecule has 0 bridgehead atoms. The lowest BCUT2D eigenvalue weighted by Gasteiger charge is -1.97. The molecule has 0 spiro atoms. The Balaban J connectivity index is 2.63. The van der Waals surface area contributed by atoms with Crippen molar-refractivity contribution in [3.63, 3.8) is 0 Å². The van der Waals surface area contributed by atoms with Crippen LogP contribution in [0.2, 0.25) is 0 Å². The van der Waals surface area contributed by atoms with E-state index < -0.39 is 5.91 Å². The van der Waals surface area contributed by atoms with Crippen LogP contribution in [0, 0.1) is 13.8 Å². The number of amides is 1. The average molecular weight is 268 g/mol. The fraction of sp³-hybridized carbons (Fsp3) is 0.273. The van der Waals surface area contributed by atoms with Gasteiger partial charge in [-0.1, -0.05) is 5.16 Å². The molecule has 4 nitrogen and oxygen atoms in total. The number of aryl methyl sites for hydroxylation is 1. The summed E-state index contributed by atoms with van der Waals surface area (Å²) in [6.45, 7) is 3.74. The fourth-order valence-electron chi connectivity index (χ4n) is 1.63. The molecule has 2 aromatic rings. The van der Waals surface area contributed by atoms with Crippen LogP contribution >= 0.6 is 23.1 Å². The number of hydrogen-bond acceptors (Lipinski definition) is 5. The second-order valence-electron chi connectivity index (χ2n) is 3.62. The zero-order chi connectivity index (χ0) is 12.6. The summed E-state index contributed by atoms with van der Waals surface area (Å²) in [6, 6.07) is 1.86. The van der Waals surface area contributed by atoms with Gasteiger partial charge >= 0.3 is 0 Å². The largest absolute Gasteiger partial charge is 0.365 e. The Bertz CT molecular complexity index is 572. The molecule has 90 valence electrons. The van der Waals surface area contributed by atoms with E-state index in [1.807, 2.05) is 26.2 Å². The van der Waals surface area contributed by atoms with Crippen LogP contribution < -0.4 is 5.73 Å². The van der Waals surface area contributed by atoms with Crippen LogP contribution in [0.5, 0.6) is 0 Å². The number of carbonyl (C=O) groups excluding carboxylic acids is 1. The summed E-state index contributed by atoms with van der Waals surface area (Å²) in [7, 11) is 0. The minimum Gasteiger partial charge on any atom is -0.365 e. The zero-order valence-corrected chi connectivity index (χ0v) is 11.4. The molecule has 0 aliphatic rings. The lowest BCUT2D eigenvalue weighted by Crippen LogP contribution is -2.09. The van der Waals surface area contributed by atoms with Crippen LogP contribution in [-0.2, 0) is 0 Å². The molecule has 6 heteroatoms. The smallest absolute Gasteiger partial charge is 0.259 e. The second-order valence-corrected chi connectivity index (χ2v) is 5.72. The highest BCUT2D eigenvalue weighted by atomic mass is 32.2. The third kappa shape index (κ3) is 2.10. The van der Waals surface area contributed by atoms with E-state index >= 15 is 0 Å². The maximum atomic E-state index is 11.3. The standard InChI is InChI=1S/C11H12N2O2S2/c1-5-4-7(15-13-5)8-6(2)9(10(12)14)17-11(8)16-3/h4H,1-3H3,(H2,12,14). The Morgan fingerprint density at radius 2 is 2.24 bits per heavy atom. The van der Waals surface area contributed by atoms with Crippen LogP contribution in [0.3, 0.4) is 0 Å². The highest BCUT2D eigenvalue weighted by Gasteiger charge is 2.21. The number of thioether (sulfide) groups is 1. The van der Waals surface area contributed by atoms with Gasteiger partial charge < -0.3 is 10.3 Å². The summed E-state index contributed by atoms with van der Waals surface area (Å²) in [5.41, 5.74) is 7.96. The highest BCUT2D eigenvalue weighted by Crippen LogP contribution is 2.41. The molecule has 0 aromatic carbocycles. The molecule has 2 rings (SSSR count). The van der Waals surface area contributed by atoms with Crippen LogP contribution in [0.4, 0.5) is 0 Å². The first-order valence-corrected chi connectivity index (χ1v) is 6.99. The molecule has 0 unspecified atom stereocenters. The predicted molar refractivity (Wildman–Crippen MR) is 69.6 cm³/mol. The first-order chi connectivity index (χ1) is 8.04. The maximum absolute atomic E-state index is 11.3. The fourth-order valence-corrected chi connectivity index (χ4v) is 3.57. The van der Waals surface area contributed by atoms with Crippen molar-refractivity contribution in [1.29, 1.82) is 0 Å². The molecule has 0 fully saturated rings. The topological polar surface area (TPSA) is 69.1 Å². The molecule has 0 atom stereocenters. The van der Waals surface area contributed by atoms with Gasteiger partial charge in [-0.05, 0) is 25.7 Å². The van der Waals surface area contributed by atoms with Crippen LogP contribution in [0.1, 0.15) is 20.9 Å². The molecule has 1 amide bonds. The van der Waals surface area contributed by atoms with Crippen molar-refractivity contribution >= 4 is 29.0 Å². The van der Waals surface area contributed by atoms with Gasteiger partial charge in [-0.15, -0.1) is 23.1 Å². The van der Waals surface area contributed by atoms with Gasteiger partial charge in [0.05, 0.1) is 14.8 Å². The van der Waals surface area contributed by atoms with Gasteiger partial charge in [-0.2, -0.15) is 0 Å². The van der Waals surface area contributed by atoms with Crippen molar-refractivity contribution < 1.29 is 9.32 Å². The van der Waals surface area contributed by atoms with Gasteiger partial charge in [0.15, 0.2) is 5.76 Å². The molecular formula is C11H12N2O2S2. The van der Waals surface area contributed by atoms with Crippen molar-refractivity contribution in [2.24, 2.45) is 5.73 Å². The van der Waals surface area contributed by atoms with E-state index in [4.69, 9.17) is 10.3 Å². The number of primary amides is 1. The van der Waals surface area contributed by atoms with Crippen molar-refractivity contribution in [3.05, 3.63) is 22.2 Å². The third-order valence-corrected chi connectivity index (χ3v) is 4.82. The van der Waals surface area contributed by atoms with E-state index in [1.165, 1.54) is 11.3 Å². The van der Waals surface area contributed by atoms with Gasteiger partial charge in [0, 0.05) is 11.6 Å². The lowest BCUT2D eigenvalue weighted by atomic mass is 10.1. The van der Waals surface area contributed by atoms with E-state index in [-0.39, 0.29) is 0 Å². The van der Waals surface area contributed by atoms with Crippen LogP contribution in [-0.4, -0.2) is 17.3 Å². The number of rotatable bonds is 3. The predicted octanol–water partition coefficient (Wildman–Crippen LogP) is 2.84. The molecule has 2 aromatic heterocycles. The Morgan fingerprint density at radius 3 is 2.71 bits per heavy atom. The molecule has 0 aliphatic heterocycles. The summed E-state index contributed by atoms with van der Waals surface area (Å²) < 4.78 is 6.28. The summed E-state index contributed by atoms with van der Waals surface area (Å²) >= 11 is 2.97. The average Bonchev–Trinajstić information content (AvgIpc) is 2.81. The maximum Gasteiger partial charge on any atom is 0.259 e. The monoisotopic (exact) mass is 268 g/mol. The van der Waals surface area contributed by atoms with Gasteiger partial charge in [-0.25, -0.2) is 0 Å². The van der Waals surface area contributed by atoms with E-state index in [9.17, 15) is 4.79 Å². The van der Waals surface area contributed by atoms with Crippen LogP contribution in [0.15, 0.2) is 14.8 Å².